The Bertz CT molecular complexity index is 1060. The van der Waals surface area contributed by atoms with E-state index in [2.05, 4.69) is 31.1 Å². The molecule has 3 heterocycles. The van der Waals surface area contributed by atoms with Crippen molar-refractivity contribution in [2.24, 2.45) is 11.3 Å². The molecule has 3 aromatic heterocycles. The van der Waals surface area contributed by atoms with Crippen LogP contribution in [0.15, 0.2) is 18.3 Å². The molecule has 1 aliphatic rings. The van der Waals surface area contributed by atoms with Crippen LogP contribution in [0.25, 0.3) is 5.65 Å². The van der Waals surface area contributed by atoms with Crippen molar-refractivity contribution >= 4 is 28.0 Å². The number of carbonyl (C=O) groups excluding carboxylic acids is 1. The van der Waals surface area contributed by atoms with Gasteiger partial charge in [-0.2, -0.15) is 0 Å². The minimum Gasteiger partial charge on any atom is -0.490 e. The first-order chi connectivity index (χ1) is 13.8. The Morgan fingerprint density at radius 3 is 2.90 bits per heavy atom. The average Bonchev–Trinajstić information content (AvgIpc) is 3.20. The summed E-state index contributed by atoms with van der Waals surface area (Å²) in [6, 6.07) is 3.73. The number of aromatic nitrogens is 3. The lowest BCUT2D eigenvalue weighted by molar-refractivity contribution is 0.102. The van der Waals surface area contributed by atoms with Crippen molar-refractivity contribution in [2.75, 3.05) is 11.9 Å². The third kappa shape index (κ3) is 3.75. The number of thiazole rings is 1. The Labute approximate surface area is 175 Å². The van der Waals surface area contributed by atoms with Crippen LogP contribution in [0.4, 0.5) is 5.13 Å². The number of rotatable bonds is 4. The van der Waals surface area contributed by atoms with Crippen LogP contribution in [0.2, 0.25) is 0 Å². The van der Waals surface area contributed by atoms with E-state index >= 15 is 0 Å². The first-order valence-electron chi connectivity index (χ1n) is 10.2. The second-order valence-electron chi connectivity index (χ2n) is 8.69. The molecule has 0 aliphatic heterocycles. The first-order valence-corrected chi connectivity index (χ1v) is 11.0. The predicted molar refractivity (Wildman–Crippen MR) is 116 cm³/mol. The Hall–Kier alpha value is -2.41. The monoisotopic (exact) mass is 412 g/mol. The van der Waals surface area contributed by atoms with E-state index in [0.717, 1.165) is 25.0 Å². The highest BCUT2D eigenvalue weighted by Gasteiger charge is 2.31. The minimum atomic E-state index is -0.192. The summed E-state index contributed by atoms with van der Waals surface area (Å²) in [5.41, 5.74) is 3.27. The zero-order valence-electron chi connectivity index (χ0n) is 17.7. The zero-order chi connectivity index (χ0) is 20.8. The third-order valence-electron chi connectivity index (χ3n) is 5.69. The molecule has 1 unspecified atom stereocenters. The Morgan fingerprint density at radius 1 is 1.38 bits per heavy atom. The fourth-order valence-corrected chi connectivity index (χ4v) is 5.10. The summed E-state index contributed by atoms with van der Waals surface area (Å²) in [4.78, 5) is 23.6. The SMILES string of the molecule is CCOc1cccn2c(C(=O)Nc3nc4c(s3)CC(C(C)(C)C)CC4)c(C)nc12. The number of pyridine rings is 1. The third-order valence-corrected chi connectivity index (χ3v) is 6.72. The van der Waals surface area contributed by atoms with Gasteiger partial charge in [-0.1, -0.05) is 20.8 Å². The van der Waals surface area contributed by atoms with Crippen LogP contribution in [-0.2, 0) is 12.8 Å². The average molecular weight is 413 g/mol. The van der Waals surface area contributed by atoms with Crippen molar-refractivity contribution in [1.29, 1.82) is 0 Å². The molecule has 154 valence electrons. The number of aryl methyl sites for hydroxylation is 2. The van der Waals surface area contributed by atoms with Crippen LogP contribution < -0.4 is 10.1 Å². The van der Waals surface area contributed by atoms with E-state index < -0.39 is 0 Å². The number of hydrogen-bond donors (Lipinski definition) is 1. The van der Waals surface area contributed by atoms with E-state index in [-0.39, 0.29) is 11.3 Å². The molecular weight excluding hydrogens is 384 g/mol. The van der Waals surface area contributed by atoms with Crippen LogP contribution in [0.5, 0.6) is 5.75 Å². The molecule has 0 spiro atoms. The highest BCUT2D eigenvalue weighted by atomic mass is 32.1. The lowest BCUT2D eigenvalue weighted by Gasteiger charge is -2.33. The predicted octanol–water partition coefficient (Wildman–Crippen LogP) is 4.90. The maximum Gasteiger partial charge on any atom is 0.276 e. The first kappa shape index (κ1) is 19.9. The van der Waals surface area contributed by atoms with Gasteiger partial charge in [0.1, 0.15) is 5.69 Å². The molecule has 1 N–H and O–H groups in total. The molecule has 1 atom stereocenters. The highest BCUT2D eigenvalue weighted by Crippen LogP contribution is 2.40. The summed E-state index contributed by atoms with van der Waals surface area (Å²) in [5, 5.41) is 3.68. The standard InChI is InChI=1S/C22H28N4O2S/c1-6-28-16-8-7-11-26-18(13(2)23-19(16)26)20(27)25-21-24-15-10-9-14(22(3,4)5)12-17(15)29-21/h7-8,11,14H,6,9-10,12H2,1-5H3,(H,24,25,27). The number of anilines is 1. The van der Waals surface area contributed by atoms with E-state index in [1.165, 1.54) is 4.88 Å². The Morgan fingerprint density at radius 2 is 2.17 bits per heavy atom. The number of nitrogens with zero attached hydrogens (tertiary/aromatic N) is 3. The summed E-state index contributed by atoms with van der Waals surface area (Å²) in [6.07, 6.45) is 5.02. The number of fused-ring (bicyclic) bond motifs is 2. The van der Waals surface area contributed by atoms with Crippen LogP contribution in [0.3, 0.4) is 0 Å². The van der Waals surface area contributed by atoms with Gasteiger partial charge < -0.3 is 4.74 Å². The molecule has 1 aliphatic carbocycles. The van der Waals surface area contributed by atoms with Gasteiger partial charge in [-0.15, -0.1) is 11.3 Å². The van der Waals surface area contributed by atoms with Crippen molar-refractivity contribution in [3.63, 3.8) is 0 Å². The Kier molecular flexibility index (Phi) is 5.11. The van der Waals surface area contributed by atoms with Gasteiger partial charge >= 0.3 is 0 Å². The molecule has 0 saturated heterocycles. The summed E-state index contributed by atoms with van der Waals surface area (Å²) >= 11 is 1.61. The molecule has 7 heteroatoms. The van der Waals surface area contributed by atoms with E-state index in [0.29, 0.717) is 40.4 Å². The molecule has 0 aromatic carbocycles. The Balaban J connectivity index is 1.59. The van der Waals surface area contributed by atoms with Crippen LogP contribution in [0, 0.1) is 18.3 Å². The van der Waals surface area contributed by atoms with Gasteiger partial charge in [-0.3, -0.25) is 14.5 Å². The fourth-order valence-electron chi connectivity index (χ4n) is 4.02. The van der Waals surface area contributed by atoms with Crippen LogP contribution >= 0.6 is 11.3 Å². The molecular formula is C22H28N4O2S. The minimum absolute atomic E-state index is 0.192. The van der Waals surface area contributed by atoms with E-state index in [9.17, 15) is 4.79 Å². The smallest absolute Gasteiger partial charge is 0.276 e. The van der Waals surface area contributed by atoms with Crippen LogP contribution in [0.1, 0.15) is 60.9 Å². The number of hydrogen-bond acceptors (Lipinski definition) is 5. The molecule has 6 nitrogen and oxygen atoms in total. The highest BCUT2D eigenvalue weighted by molar-refractivity contribution is 7.15. The summed E-state index contributed by atoms with van der Waals surface area (Å²) in [6.45, 7) is 11.2. The van der Waals surface area contributed by atoms with Crippen molar-refractivity contribution in [1.82, 2.24) is 14.4 Å². The molecule has 0 bridgehead atoms. The maximum atomic E-state index is 13.1. The molecule has 0 radical (unpaired) electrons. The number of ether oxygens (including phenoxy) is 1. The molecule has 0 saturated carbocycles. The number of carbonyl (C=O) groups is 1. The quantitative estimate of drug-likeness (QED) is 0.662. The number of imidazole rings is 1. The van der Waals surface area contributed by atoms with Gasteiger partial charge in [0.2, 0.25) is 0 Å². The largest absolute Gasteiger partial charge is 0.490 e. The summed E-state index contributed by atoms with van der Waals surface area (Å²) in [7, 11) is 0. The maximum absolute atomic E-state index is 13.1. The zero-order valence-corrected chi connectivity index (χ0v) is 18.5. The van der Waals surface area contributed by atoms with Crippen LogP contribution in [-0.4, -0.2) is 26.9 Å². The van der Waals surface area contributed by atoms with Gasteiger partial charge in [0.15, 0.2) is 16.5 Å². The van der Waals surface area contributed by atoms with E-state index in [1.54, 1.807) is 15.7 Å². The summed E-state index contributed by atoms with van der Waals surface area (Å²) < 4.78 is 7.44. The lowest BCUT2D eigenvalue weighted by Crippen LogP contribution is -2.26. The van der Waals surface area contributed by atoms with Crippen molar-refractivity contribution in [3.8, 4) is 5.75 Å². The summed E-state index contributed by atoms with van der Waals surface area (Å²) in [5.74, 6) is 1.13. The molecule has 4 rings (SSSR count). The molecule has 0 fully saturated rings. The van der Waals surface area contributed by atoms with Crippen molar-refractivity contribution in [3.05, 3.63) is 40.3 Å². The van der Waals surface area contributed by atoms with E-state index in [1.807, 2.05) is 32.2 Å². The lowest BCUT2D eigenvalue weighted by atomic mass is 9.73. The normalized spacial score (nSPS) is 16.7. The van der Waals surface area contributed by atoms with Gasteiger partial charge in [-0.25, -0.2) is 9.97 Å². The molecule has 1 amide bonds. The molecule has 3 aromatic rings. The van der Waals surface area contributed by atoms with Gasteiger partial charge in [0, 0.05) is 11.1 Å². The fraction of sp³-hybridized carbons (Fsp3) is 0.500. The van der Waals surface area contributed by atoms with Gasteiger partial charge in [0.05, 0.1) is 18.0 Å². The molecule has 29 heavy (non-hydrogen) atoms. The second-order valence-corrected chi connectivity index (χ2v) is 9.78. The van der Waals surface area contributed by atoms with Gasteiger partial charge in [0.25, 0.3) is 5.91 Å². The van der Waals surface area contributed by atoms with E-state index in [4.69, 9.17) is 9.72 Å². The second kappa shape index (κ2) is 7.44. The number of amides is 1. The van der Waals surface area contributed by atoms with Crippen molar-refractivity contribution in [2.45, 2.75) is 53.9 Å². The van der Waals surface area contributed by atoms with Gasteiger partial charge in [-0.05, 0) is 56.6 Å². The number of nitrogens with one attached hydrogen (secondary N) is 1. The topological polar surface area (TPSA) is 68.5 Å². The van der Waals surface area contributed by atoms with Crippen molar-refractivity contribution < 1.29 is 9.53 Å².